The summed E-state index contributed by atoms with van der Waals surface area (Å²) in [5, 5.41) is 12.8. The summed E-state index contributed by atoms with van der Waals surface area (Å²) in [5.74, 6) is 0.485. The van der Waals surface area contributed by atoms with Gasteiger partial charge in [0.05, 0.1) is 6.10 Å². The molecule has 1 aliphatic carbocycles. The second-order valence-electron chi connectivity index (χ2n) is 6.04. The average molecular weight is 277 g/mol. The molecule has 1 aliphatic rings. The van der Waals surface area contributed by atoms with Gasteiger partial charge < -0.3 is 9.67 Å². The molecule has 0 bridgehead atoms. The van der Waals surface area contributed by atoms with Crippen molar-refractivity contribution in [2.45, 2.75) is 25.5 Å². The zero-order chi connectivity index (χ0) is 14.2. The normalized spacial score (nSPS) is 16.2. The highest BCUT2D eigenvalue weighted by molar-refractivity contribution is 5.85. The molecular weight excluding hydrogens is 258 g/mol. The molecule has 0 spiro atoms. The van der Waals surface area contributed by atoms with E-state index in [1.165, 1.54) is 16.3 Å². The van der Waals surface area contributed by atoms with Gasteiger partial charge in [-0.05, 0) is 46.7 Å². The topological polar surface area (TPSA) is 25.2 Å². The zero-order valence-corrected chi connectivity index (χ0v) is 11.9. The molecule has 0 radical (unpaired) electrons. The summed E-state index contributed by atoms with van der Waals surface area (Å²) in [6.45, 7) is 0.846. The van der Waals surface area contributed by atoms with Crippen LogP contribution in [-0.2, 0) is 6.54 Å². The van der Waals surface area contributed by atoms with E-state index in [0.29, 0.717) is 5.92 Å². The highest BCUT2D eigenvalue weighted by Crippen LogP contribution is 2.40. The molecule has 1 fully saturated rings. The SMILES string of the molecule is OC(c1ccn(Cc2cccc3ccccc23)c1)C1CC1. The fourth-order valence-corrected chi connectivity index (χ4v) is 3.04. The summed E-state index contributed by atoms with van der Waals surface area (Å²) < 4.78 is 2.17. The van der Waals surface area contributed by atoms with Crippen molar-refractivity contribution in [3.8, 4) is 0 Å². The largest absolute Gasteiger partial charge is 0.388 e. The van der Waals surface area contributed by atoms with E-state index in [9.17, 15) is 5.11 Å². The summed E-state index contributed by atoms with van der Waals surface area (Å²) in [5.41, 5.74) is 2.37. The predicted molar refractivity (Wildman–Crippen MR) is 85.2 cm³/mol. The summed E-state index contributed by atoms with van der Waals surface area (Å²) in [7, 11) is 0. The van der Waals surface area contributed by atoms with Crippen molar-refractivity contribution in [3.05, 3.63) is 72.1 Å². The van der Waals surface area contributed by atoms with Gasteiger partial charge >= 0.3 is 0 Å². The van der Waals surface area contributed by atoms with E-state index in [2.05, 4.69) is 59.4 Å². The van der Waals surface area contributed by atoms with Crippen molar-refractivity contribution in [1.29, 1.82) is 0 Å². The van der Waals surface area contributed by atoms with Crippen LogP contribution in [0, 0.1) is 5.92 Å². The minimum atomic E-state index is -0.279. The highest BCUT2D eigenvalue weighted by atomic mass is 16.3. The van der Waals surface area contributed by atoms with Gasteiger partial charge in [0, 0.05) is 18.9 Å². The van der Waals surface area contributed by atoms with Crippen LogP contribution in [0.15, 0.2) is 60.9 Å². The quantitative estimate of drug-likeness (QED) is 0.762. The van der Waals surface area contributed by atoms with Crippen molar-refractivity contribution in [3.63, 3.8) is 0 Å². The number of rotatable bonds is 4. The maximum absolute atomic E-state index is 10.2. The number of fused-ring (bicyclic) bond motifs is 1. The predicted octanol–water partition coefficient (Wildman–Crippen LogP) is 4.13. The Balaban J connectivity index is 1.62. The second-order valence-corrected chi connectivity index (χ2v) is 6.04. The summed E-state index contributed by atoms with van der Waals surface area (Å²) in [6, 6.07) is 17.0. The van der Waals surface area contributed by atoms with Gasteiger partial charge in [-0.1, -0.05) is 42.5 Å². The molecule has 106 valence electrons. The van der Waals surface area contributed by atoms with Gasteiger partial charge in [-0.15, -0.1) is 0 Å². The van der Waals surface area contributed by atoms with Crippen LogP contribution < -0.4 is 0 Å². The Labute approximate surface area is 124 Å². The fourth-order valence-electron chi connectivity index (χ4n) is 3.04. The van der Waals surface area contributed by atoms with E-state index in [4.69, 9.17) is 0 Å². The monoisotopic (exact) mass is 277 g/mol. The van der Waals surface area contributed by atoms with Crippen molar-refractivity contribution in [1.82, 2.24) is 4.57 Å². The van der Waals surface area contributed by atoms with Crippen LogP contribution in [0.1, 0.15) is 30.1 Å². The molecule has 2 heteroatoms. The van der Waals surface area contributed by atoms with E-state index in [1.54, 1.807) is 0 Å². The molecule has 1 aromatic heterocycles. The highest BCUT2D eigenvalue weighted by Gasteiger charge is 2.31. The molecular formula is C19H19NO. The molecule has 1 N–H and O–H groups in total. The number of aliphatic hydroxyl groups is 1. The molecule has 21 heavy (non-hydrogen) atoms. The minimum absolute atomic E-state index is 0.279. The van der Waals surface area contributed by atoms with Gasteiger partial charge in [0.2, 0.25) is 0 Å². The standard InChI is InChI=1S/C19H19NO/c21-19(15-8-9-15)17-10-11-20(13-17)12-16-6-3-5-14-4-1-2-7-18(14)16/h1-7,10-11,13,15,19,21H,8-9,12H2. The molecule has 0 amide bonds. The lowest BCUT2D eigenvalue weighted by molar-refractivity contribution is 0.154. The van der Waals surface area contributed by atoms with Gasteiger partial charge in [0.1, 0.15) is 0 Å². The summed E-state index contributed by atoms with van der Waals surface area (Å²) in [4.78, 5) is 0. The molecule has 3 aromatic rings. The number of aliphatic hydroxyl groups excluding tert-OH is 1. The maximum atomic E-state index is 10.2. The van der Waals surface area contributed by atoms with E-state index in [1.807, 2.05) is 6.07 Å². The van der Waals surface area contributed by atoms with Gasteiger partial charge in [-0.2, -0.15) is 0 Å². The first-order valence-corrected chi connectivity index (χ1v) is 7.61. The lowest BCUT2D eigenvalue weighted by Crippen LogP contribution is -2.00. The van der Waals surface area contributed by atoms with Crippen LogP contribution in [0.2, 0.25) is 0 Å². The van der Waals surface area contributed by atoms with Crippen molar-refractivity contribution >= 4 is 10.8 Å². The number of aromatic nitrogens is 1. The molecule has 1 heterocycles. The van der Waals surface area contributed by atoms with Crippen LogP contribution in [0.5, 0.6) is 0 Å². The van der Waals surface area contributed by atoms with E-state index >= 15 is 0 Å². The Morgan fingerprint density at radius 1 is 1.05 bits per heavy atom. The Kier molecular flexibility index (Phi) is 3.04. The Bertz CT molecular complexity index is 765. The van der Waals surface area contributed by atoms with Crippen LogP contribution in [0.4, 0.5) is 0 Å². The van der Waals surface area contributed by atoms with Crippen LogP contribution in [0.3, 0.4) is 0 Å². The third-order valence-electron chi connectivity index (χ3n) is 4.42. The van der Waals surface area contributed by atoms with Crippen molar-refractivity contribution < 1.29 is 5.11 Å². The lowest BCUT2D eigenvalue weighted by Gasteiger charge is -2.09. The van der Waals surface area contributed by atoms with Gasteiger partial charge in [0.15, 0.2) is 0 Å². The lowest BCUT2D eigenvalue weighted by atomic mass is 10.0. The first kappa shape index (κ1) is 12.7. The molecule has 1 atom stereocenters. The van der Waals surface area contributed by atoms with Crippen molar-refractivity contribution in [2.75, 3.05) is 0 Å². The second kappa shape index (κ2) is 5.05. The van der Waals surface area contributed by atoms with E-state index in [-0.39, 0.29) is 6.10 Å². The van der Waals surface area contributed by atoms with Crippen LogP contribution in [0.25, 0.3) is 10.8 Å². The number of nitrogens with zero attached hydrogens (tertiary/aromatic N) is 1. The average Bonchev–Trinajstić information content (AvgIpc) is 3.27. The number of benzene rings is 2. The zero-order valence-electron chi connectivity index (χ0n) is 11.9. The fraction of sp³-hybridized carbons (Fsp3) is 0.263. The first-order chi connectivity index (χ1) is 10.3. The molecule has 1 saturated carbocycles. The molecule has 4 rings (SSSR count). The summed E-state index contributed by atoms with van der Waals surface area (Å²) in [6.07, 6.45) is 6.21. The van der Waals surface area contributed by atoms with E-state index in [0.717, 1.165) is 24.9 Å². The molecule has 2 nitrogen and oxygen atoms in total. The smallest absolute Gasteiger partial charge is 0.0832 e. The van der Waals surface area contributed by atoms with E-state index < -0.39 is 0 Å². The first-order valence-electron chi connectivity index (χ1n) is 7.61. The van der Waals surface area contributed by atoms with Crippen molar-refractivity contribution in [2.24, 2.45) is 5.92 Å². The maximum Gasteiger partial charge on any atom is 0.0832 e. The third-order valence-corrected chi connectivity index (χ3v) is 4.42. The Morgan fingerprint density at radius 2 is 1.86 bits per heavy atom. The third kappa shape index (κ3) is 2.47. The molecule has 1 unspecified atom stereocenters. The van der Waals surface area contributed by atoms with Gasteiger partial charge in [0.25, 0.3) is 0 Å². The summed E-state index contributed by atoms with van der Waals surface area (Å²) >= 11 is 0. The van der Waals surface area contributed by atoms with Gasteiger partial charge in [-0.25, -0.2) is 0 Å². The molecule has 0 saturated heterocycles. The minimum Gasteiger partial charge on any atom is -0.388 e. The molecule has 0 aliphatic heterocycles. The van der Waals surface area contributed by atoms with Gasteiger partial charge in [-0.3, -0.25) is 0 Å². The number of hydrogen-bond acceptors (Lipinski definition) is 1. The molecule has 2 aromatic carbocycles. The Hall–Kier alpha value is -2.06. The number of hydrogen-bond donors (Lipinski definition) is 1. The van der Waals surface area contributed by atoms with Crippen LogP contribution >= 0.6 is 0 Å². The Morgan fingerprint density at radius 3 is 2.71 bits per heavy atom. The van der Waals surface area contributed by atoms with Crippen LogP contribution in [-0.4, -0.2) is 9.67 Å².